The highest BCUT2D eigenvalue weighted by Crippen LogP contribution is 2.48. The number of methoxy groups -OCH3 is 1. The molecule has 1 saturated heterocycles. The molecule has 0 saturated carbocycles. The Kier molecular flexibility index (Phi) is 4.49. The summed E-state index contributed by atoms with van der Waals surface area (Å²) in [6.07, 6.45) is 0. The quantitative estimate of drug-likeness (QED) is 0.605. The lowest BCUT2D eigenvalue weighted by Crippen LogP contribution is -2.48. The highest BCUT2D eigenvalue weighted by molar-refractivity contribution is 9.10. The Morgan fingerprint density at radius 3 is 2.55 bits per heavy atom. The number of esters is 1. The number of carbonyl (C=O) groups is 2. The molecular weight excluding hydrogens is 341 g/mol. The third-order valence-corrected chi connectivity index (χ3v) is 5.46. The molecule has 1 aliphatic rings. The Morgan fingerprint density at radius 2 is 2.05 bits per heavy atom. The van der Waals surface area contributed by atoms with E-state index in [4.69, 9.17) is 12.6 Å². The third kappa shape index (κ3) is 2.61. The van der Waals surface area contributed by atoms with Crippen molar-refractivity contribution in [2.75, 3.05) is 13.0 Å². The number of rotatable bonds is 2. The van der Waals surface area contributed by atoms with E-state index in [9.17, 15) is 9.59 Å². The van der Waals surface area contributed by atoms with E-state index in [1.807, 2.05) is 31.2 Å². The van der Waals surface area contributed by atoms with Crippen molar-refractivity contribution in [2.45, 2.75) is 17.7 Å². The van der Waals surface area contributed by atoms with Gasteiger partial charge in [-0.3, -0.25) is 4.79 Å². The van der Waals surface area contributed by atoms with Gasteiger partial charge in [0.05, 0.1) is 17.7 Å². The number of ether oxygens (including phenoxy) is 1. The lowest BCUT2D eigenvalue weighted by atomic mass is 9.90. The van der Waals surface area contributed by atoms with Gasteiger partial charge >= 0.3 is 5.97 Å². The minimum atomic E-state index is -0.726. The van der Waals surface area contributed by atoms with Gasteiger partial charge in [0.15, 0.2) is 5.81 Å². The SMILES string of the molecule is [B]C(=O)N1CSC(C)(c2ccc(Br)cc2)C1C(=O)OC. The van der Waals surface area contributed by atoms with Crippen LogP contribution in [0.25, 0.3) is 0 Å². The van der Waals surface area contributed by atoms with Gasteiger partial charge < -0.3 is 9.64 Å². The first-order valence-electron chi connectivity index (χ1n) is 5.94. The predicted octanol–water partition coefficient (Wildman–Crippen LogP) is 2.50. The summed E-state index contributed by atoms with van der Waals surface area (Å²) < 4.78 is 5.22. The van der Waals surface area contributed by atoms with E-state index in [0.29, 0.717) is 5.88 Å². The molecule has 7 heteroatoms. The van der Waals surface area contributed by atoms with Crippen LogP contribution in [0.2, 0.25) is 0 Å². The van der Waals surface area contributed by atoms with Gasteiger partial charge in [0.1, 0.15) is 6.04 Å². The van der Waals surface area contributed by atoms with Crippen molar-refractivity contribution in [3.8, 4) is 0 Å². The smallest absolute Gasteiger partial charge is 0.330 e. The van der Waals surface area contributed by atoms with E-state index in [0.717, 1.165) is 10.0 Å². The van der Waals surface area contributed by atoms with Gasteiger partial charge in [-0.15, -0.1) is 11.8 Å². The van der Waals surface area contributed by atoms with Crippen molar-refractivity contribution in [3.05, 3.63) is 34.3 Å². The molecule has 1 heterocycles. The van der Waals surface area contributed by atoms with Crippen molar-refractivity contribution < 1.29 is 14.3 Å². The Bertz CT molecular complexity index is 539. The van der Waals surface area contributed by atoms with Crippen molar-refractivity contribution in [3.63, 3.8) is 0 Å². The first-order valence-corrected chi connectivity index (χ1v) is 7.72. The molecule has 1 amide bonds. The molecule has 1 fully saturated rings. The van der Waals surface area contributed by atoms with Crippen LogP contribution in [0.4, 0.5) is 4.79 Å². The topological polar surface area (TPSA) is 46.6 Å². The van der Waals surface area contributed by atoms with E-state index in [1.165, 1.54) is 23.8 Å². The molecule has 0 aliphatic carbocycles. The molecule has 2 rings (SSSR count). The molecule has 2 unspecified atom stereocenters. The van der Waals surface area contributed by atoms with Crippen LogP contribution in [0.5, 0.6) is 0 Å². The zero-order valence-electron chi connectivity index (χ0n) is 11.1. The van der Waals surface area contributed by atoms with Gasteiger partial charge in [-0.1, -0.05) is 28.1 Å². The molecule has 1 aliphatic heterocycles. The van der Waals surface area contributed by atoms with Crippen LogP contribution >= 0.6 is 27.7 Å². The number of hydrogen-bond donors (Lipinski definition) is 0. The molecule has 1 aromatic rings. The number of benzene rings is 1. The largest absolute Gasteiger partial charge is 0.467 e. The third-order valence-electron chi connectivity index (χ3n) is 3.46. The normalized spacial score (nSPS) is 25.6. The summed E-state index contributed by atoms with van der Waals surface area (Å²) in [5, 5.41) is 0. The summed E-state index contributed by atoms with van der Waals surface area (Å²) in [6.45, 7) is 1.92. The molecule has 2 radical (unpaired) electrons. The van der Waals surface area contributed by atoms with Gasteiger partial charge in [-0.2, -0.15) is 0 Å². The van der Waals surface area contributed by atoms with Crippen LogP contribution in [0, 0.1) is 0 Å². The first kappa shape index (κ1) is 15.4. The fourth-order valence-electron chi connectivity index (χ4n) is 2.33. The number of amides is 1. The van der Waals surface area contributed by atoms with E-state index in [1.54, 1.807) is 0 Å². The number of halogens is 1. The summed E-state index contributed by atoms with van der Waals surface area (Å²) in [6, 6.07) is 6.94. The second-order valence-electron chi connectivity index (χ2n) is 4.62. The molecule has 0 spiro atoms. The first-order chi connectivity index (χ1) is 9.40. The molecule has 4 nitrogen and oxygen atoms in total. The molecule has 0 aromatic heterocycles. The monoisotopic (exact) mass is 353 g/mol. The Balaban J connectivity index is 2.44. The second-order valence-corrected chi connectivity index (χ2v) is 6.93. The van der Waals surface area contributed by atoms with E-state index in [2.05, 4.69) is 15.9 Å². The average Bonchev–Trinajstić information content (AvgIpc) is 2.77. The lowest BCUT2D eigenvalue weighted by Gasteiger charge is -2.32. The minimum Gasteiger partial charge on any atom is -0.467 e. The van der Waals surface area contributed by atoms with Crippen LogP contribution in [0.15, 0.2) is 28.7 Å². The fraction of sp³-hybridized carbons (Fsp3) is 0.385. The molecule has 104 valence electrons. The molecule has 0 bridgehead atoms. The lowest BCUT2D eigenvalue weighted by molar-refractivity contribution is -0.146. The van der Waals surface area contributed by atoms with Gasteiger partial charge in [0.2, 0.25) is 7.85 Å². The van der Waals surface area contributed by atoms with E-state index in [-0.39, 0.29) is 0 Å². The van der Waals surface area contributed by atoms with E-state index >= 15 is 0 Å². The standard InChI is InChI=1S/C13H13BBrNO3S/c1-13(8-3-5-9(15)6-4-8)10(11(17)19-2)16(7-20-13)12(14)18/h3-6,10H,7H2,1-2H3. The minimum absolute atomic E-state index is 0.363. The Hall–Kier alpha value is -0.945. The second kappa shape index (κ2) is 5.81. The molecular formula is C13H13BBrNO3S. The van der Waals surface area contributed by atoms with Gasteiger partial charge in [-0.05, 0) is 24.6 Å². The maximum atomic E-state index is 12.1. The summed E-state index contributed by atoms with van der Waals surface area (Å²) in [7, 11) is 6.67. The zero-order chi connectivity index (χ0) is 14.9. The van der Waals surface area contributed by atoms with E-state index < -0.39 is 22.6 Å². The Labute approximate surface area is 131 Å². The zero-order valence-corrected chi connectivity index (χ0v) is 13.5. The van der Waals surface area contributed by atoms with Crippen LogP contribution in [0.1, 0.15) is 12.5 Å². The molecule has 0 N–H and O–H groups in total. The summed E-state index contributed by atoms with van der Waals surface area (Å²) in [5.74, 6) is -0.713. The predicted molar refractivity (Wildman–Crippen MR) is 82.7 cm³/mol. The van der Waals surface area contributed by atoms with Crippen molar-refractivity contribution in [1.82, 2.24) is 4.90 Å². The van der Waals surface area contributed by atoms with Crippen molar-refractivity contribution in [1.29, 1.82) is 0 Å². The molecule has 2 atom stereocenters. The highest BCUT2D eigenvalue weighted by Gasteiger charge is 2.51. The van der Waals surface area contributed by atoms with Crippen LogP contribution in [-0.4, -0.2) is 43.6 Å². The number of nitrogens with zero attached hydrogens (tertiary/aromatic N) is 1. The van der Waals surface area contributed by atoms with Gasteiger partial charge in [-0.25, -0.2) is 4.79 Å². The summed E-state index contributed by atoms with van der Waals surface area (Å²) >= 11 is 4.88. The number of thioether (sulfide) groups is 1. The van der Waals surface area contributed by atoms with Crippen molar-refractivity contribution in [2.24, 2.45) is 0 Å². The molecule has 20 heavy (non-hydrogen) atoms. The Morgan fingerprint density at radius 1 is 1.45 bits per heavy atom. The van der Waals surface area contributed by atoms with Gasteiger partial charge in [0.25, 0.3) is 0 Å². The number of carbonyl (C=O) groups excluding carboxylic acids is 2. The maximum absolute atomic E-state index is 12.1. The summed E-state index contributed by atoms with van der Waals surface area (Å²) in [4.78, 5) is 25.0. The van der Waals surface area contributed by atoms with Crippen LogP contribution in [-0.2, 0) is 14.3 Å². The average molecular weight is 354 g/mol. The van der Waals surface area contributed by atoms with Crippen LogP contribution in [0.3, 0.4) is 0 Å². The summed E-state index contributed by atoms with van der Waals surface area (Å²) in [5.41, 5.74) is 0.949. The number of hydrogen-bond acceptors (Lipinski definition) is 4. The maximum Gasteiger partial charge on any atom is 0.330 e. The van der Waals surface area contributed by atoms with Gasteiger partial charge in [0, 0.05) is 4.47 Å². The van der Waals surface area contributed by atoms with Crippen molar-refractivity contribution >= 4 is 47.3 Å². The van der Waals surface area contributed by atoms with Crippen LogP contribution < -0.4 is 0 Å². The molecule has 1 aromatic carbocycles. The fourth-order valence-corrected chi connectivity index (χ4v) is 3.96. The highest BCUT2D eigenvalue weighted by atomic mass is 79.9.